The van der Waals surface area contributed by atoms with E-state index in [0.717, 1.165) is 22.5 Å². The third-order valence-corrected chi connectivity index (χ3v) is 5.28. The molecule has 0 spiro atoms. The van der Waals surface area contributed by atoms with E-state index in [9.17, 15) is 22.9 Å². The van der Waals surface area contributed by atoms with Crippen LogP contribution in [0.15, 0.2) is 23.1 Å². The molecule has 0 saturated carbocycles. The Morgan fingerprint density at radius 1 is 1.43 bits per heavy atom. The Bertz CT molecular complexity index is 664. The lowest BCUT2D eigenvalue weighted by atomic mass is 10.2. The molecule has 21 heavy (non-hydrogen) atoms. The molecule has 1 saturated heterocycles. The quantitative estimate of drug-likeness (QED) is 0.623. The van der Waals surface area contributed by atoms with Gasteiger partial charge in [0.2, 0.25) is 15.8 Å². The Labute approximate surface area is 121 Å². The van der Waals surface area contributed by atoms with Crippen LogP contribution < -0.4 is 0 Å². The Morgan fingerprint density at radius 2 is 2.10 bits per heavy atom. The first-order valence-electron chi connectivity index (χ1n) is 6.31. The summed E-state index contributed by atoms with van der Waals surface area (Å²) >= 11 is 0. The molecule has 0 N–H and O–H groups in total. The van der Waals surface area contributed by atoms with Gasteiger partial charge in [0, 0.05) is 12.6 Å². The van der Waals surface area contributed by atoms with E-state index in [0.29, 0.717) is 0 Å². The molecular formula is C12H15FN2O5S. The SMILES string of the molecule is CC1CN(S(=O)(=O)c2cccc(F)c2[N+](=O)[O-])C(C)CO1. The second kappa shape index (κ2) is 5.66. The number of hydrogen-bond donors (Lipinski definition) is 0. The maximum atomic E-state index is 13.6. The van der Waals surface area contributed by atoms with Crippen molar-refractivity contribution in [1.29, 1.82) is 0 Å². The predicted molar refractivity (Wildman–Crippen MR) is 71.8 cm³/mol. The van der Waals surface area contributed by atoms with Gasteiger partial charge in [0.05, 0.1) is 17.6 Å². The molecule has 2 rings (SSSR count). The molecule has 2 unspecified atom stereocenters. The van der Waals surface area contributed by atoms with Gasteiger partial charge in [-0.2, -0.15) is 8.70 Å². The fourth-order valence-electron chi connectivity index (χ4n) is 2.21. The number of halogens is 1. The summed E-state index contributed by atoms with van der Waals surface area (Å²) in [7, 11) is -4.17. The fourth-order valence-corrected chi connectivity index (χ4v) is 4.08. The third kappa shape index (κ3) is 2.89. The highest BCUT2D eigenvalue weighted by Crippen LogP contribution is 2.31. The molecular weight excluding hydrogens is 303 g/mol. The van der Waals surface area contributed by atoms with Crippen LogP contribution in [-0.2, 0) is 14.8 Å². The molecule has 9 heteroatoms. The number of morpholine rings is 1. The number of sulfonamides is 1. The lowest BCUT2D eigenvalue weighted by molar-refractivity contribution is -0.390. The highest BCUT2D eigenvalue weighted by atomic mass is 32.2. The van der Waals surface area contributed by atoms with Crippen LogP contribution in [0.5, 0.6) is 0 Å². The maximum Gasteiger partial charge on any atom is 0.324 e. The van der Waals surface area contributed by atoms with Crippen LogP contribution in [-0.4, -0.2) is 42.9 Å². The van der Waals surface area contributed by atoms with E-state index in [1.54, 1.807) is 13.8 Å². The van der Waals surface area contributed by atoms with Crippen LogP contribution in [0, 0.1) is 15.9 Å². The van der Waals surface area contributed by atoms with Crippen molar-refractivity contribution in [2.45, 2.75) is 30.9 Å². The van der Waals surface area contributed by atoms with Crippen molar-refractivity contribution in [3.63, 3.8) is 0 Å². The summed E-state index contributed by atoms with van der Waals surface area (Å²) in [5.41, 5.74) is -1.02. The maximum absolute atomic E-state index is 13.6. The minimum Gasteiger partial charge on any atom is -0.375 e. The largest absolute Gasteiger partial charge is 0.375 e. The van der Waals surface area contributed by atoms with Crippen molar-refractivity contribution in [3.8, 4) is 0 Å². The second-order valence-electron chi connectivity index (χ2n) is 4.91. The minimum absolute atomic E-state index is 0.0666. The standard InChI is InChI=1S/C12H15FN2O5S/c1-8-7-20-9(2)6-14(8)21(18,19)11-5-3-4-10(13)12(11)15(16)17/h3-5,8-9H,6-7H2,1-2H3. The summed E-state index contributed by atoms with van der Waals surface area (Å²) < 4.78 is 45.3. The molecule has 0 amide bonds. The summed E-state index contributed by atoms with van der Waals surface area (Å²) in [4.78, 5) is 9.33. The van der Waals surface area contributed by atoms with E-state index < -0.39 is 37.4 Å². The zero-order chi connectivity index (χ0) is 15.8. The van der Waals surface area contributed by atoms with Gasteiger partial charge in [0.1, 0.15) is 0 Å². The Hall–Kier alpha value is -1.58. The number of rotatable bonds is 3. The van der Waals surface area contributed by atoms with Crippen LogP contribution in [0.2, 0.25) is 0 Å². The molecule has 1 aromatic carbocycles. The van der Waals surface area contributed by atoms with Crippen LogP contribution in [0.1, 0.15) is 13.8 Å². The number of ether oxygens (including phenoxy) is 1. The predicted octanol–water partition coefficient (Wildman–Crippen LogP) is 1.53. The molecule has 1 fully saturated rings. The van der Waals surface area contributed by atoms with Crippen molar-refractivity contribution in [2.24, 2.45) is 0 Å². The zero-order valence-corrected chi connectivity index (χ0v) is 12.3. The van der Waals surface area contributed by atoms with Gasteiger partial charge in [-0.3, -0.25) is 10.1 Å². The molecule has 0 bridgehead atoms. The van der Waals surface area contributed by atoms with Crippen molar-refractivity contribution >= 4 is 15.7 Å². The van der Waals surface area contributed by atoms with Crippen LogP contribution in [0.3, 0.4) is 0 Å². The van der Waals surface area contributed by atoms with E-state index in [4.69, 9.17) is 4.74 Å². The molecule has 116 valence electrons. The summed E-state index contributed by atoms with van der Waals surface area (Å²) in [5.74, 6) is -1.17. The van der Waals surface area contributed by atoms with E-state index in [1.807, 2.05) is 0 Å². The van der Waals surface area contributed by atoms with Crippen molar-refractivity contribution in [1.82, 2.24) is 4.31 Å². The Morgan fingerprint density at radius 3 is 2.71 bits per heavy atom. The highest BCUT2D eigenvalue weighted by Gasteiger charge is 2.39. The lowest BCUT2D eigenvalue weighted by Gasteiger charge is -2.35. The van der Waals surface area contributed by atoms with Gasteiger partial charge in [-0.05, 0) is 26.0 Å². The molecule has 1 aromatic rings. The third-order valence-electron chi connectivity index (χ3n) is 3.27. The fraction of sp³-hybridized carbons (Fsp3) is 0.500. The van der Waals surface area contributed by atoms with E-state index >= 15 is 0 Å². The highest BCUT2D eigenvalue weighted by molar-refractivity contribution is 7.89. The van der Waals surface area contributed by atoms with Crippen LogP contribution in [0.25, 0.3) is 0 Å². The summed E-state index contributed by atoms with van der Waals surface area (Å²) in [5, 5.41) is 11.0. The van der Waals surface area contributed by atoms with Gasteiger partial charge in [-0.1, -0.05) is 6.07 Å². The van der Waals surface area contributed by atoms with E-state index in [1.165, 1.54) is 0 Å². The van der Waals surface area contributed by atoms with Gasteiger partial charge in [0.15, 0.2) is 4.90 Å². The molecule has 1 aliphatic heterocycles. The van der Waals surface area contributed by atoms with Crippen LogP contribution in [0.4, 0.5) is 10.1 Å². The summed E-state index contributed by atoms with van der Waals surface area (Å²) in [6, 6.07) is 2.57. The first-order chi connectivity index (χ1) is 9.75. The Kier molecular flexibility index (Phi) is 4.26. The van der Waals surface area contributed by atoms with Crippen molar-refractivity contribution in [3.05, 3.63) is 34.1 Å². The van der Waals surface area contributed by atoms with Crippen molar-refractivity contribution in [2.75, 3.05) is 13.2 Å². The lowest BCUT2D eigenvalue weighted by Crippen LogP contribution is -2.50. The molecule has 2 atom stereocenters. The summed E-state index contributed by atoms with van der Waals surface area (Å²) in [6.07, 6.45) is -0.330. The minimum atomic E-state index is -4.17. The summed E-state index contributed by atoms with van der Waals surface area (Å²) in [6.45, 7) is 3.59. The smallest absolute Gasteiger partial charge is 0.324 e. The normalized spacial score (nSPS) is 24.0. The molecule has 0 aliphatic carbocycles. The zero-order valence-electron chi connectivity index (χ0n) is 11.5. The molecule has 7 nitrogen and oxygen atoms in total. The van der Waals surface area contributed by atoms with E-state index in [-0.39, 0.29) is 19.3 Å². The van der Waals surface area contributed by atoms with Crippen molar-refractivity contribution < 1.29 is 22.5 Å². The number of nitro groups is 1. The van der Waals surface area contributed by atoms with Gasteiger partial charge >= 0.3 is 5.69 Å². The van der Waals surface area contributed by atoms with Gasteiger partial charge in [-0.25, -0.2) is 8.42 Å². The van der Waals surface area contributed by atoms with Gasteiger partial charge in [-0.15, -0.1) is 0 Å². The number of hydrogen-bond acceptors (Lipinski definition) is 5. The number of para-hydroxylation sites is 1. The number of benzene rings is 1. The molecule has 1 heterocycles. The first kappa shape index (κ1) is 15.8. The molecule has 0 aromatic heterocycles. The van der Waals surface area contributed by atoms with Gasteiger partial charge < -0.3 is 4.74 Å². The van der Waals surface area contributed by atoms with E-state index in [2.05, 4.69) is 0 Å². The Balaban J connectivity index is 2.54. The number of nitro benzene ring substituents is 1. The molecule has 0 radical (unpaired) electrons. The first-order valence-corrected chi connectivity index (χ1v) is 7.75. The topological polar surface area (TPSA) is 89.8 Å². The second-order valence-corrected chi connectivity index (χ2v) is 6.77. The molecule has 1 aliphatic rings. The van der Waals surface area contributed by atoms with Crippen LogP contribution >= 0.6 is 0 Å². The average Bonchev–Trinajstić information content (AvgIpc) is 2.40. The number of nitrogens with zero attached hydrogens (tertiary/aromatic N) is 2. The monoisotopic (exact) mass is 318 g/mol. The average molecular weight is 318 g/mol. The van der Waals surface area contributed by atoms with Gasteiger partial charge in [0.25, 0.3) is 0 Å².